The lowest BCUT2D eigenvalue weighted by atomic mass is 9.48. The van der Waals surface area contributed by atoms with Crippen LogP contribution in [0.5, 0.6) is 5.75 Å². The first-order valence-corrected chi connectivity index (χ1v) is 14.4. The second-order valence-electron chi connectivity index (χ2n) is 12.5. The van der Waals surface area contributed by atoms with Crippen LogP contribution in [0.3, 0.4) is 0 Å². The molecule has 6 heteroatoms. The first-order valence-electron chi connectivity index (χ1n) is 14.4. The number of ether oxygens (including phenoxy) is 2. The van der Waals surface area contributed by atoms with E-state index < -0.39 is 11.0 Å². The molecule has 0 N–H and O–H groups in total. The van der Waals surface area contributed by atoms with E-state index in [0.717, 1.165) is 37.1 Å². The Kier molecular flexibility index (Phi) is 6.37. The number of hydrogen-bond donors (Lipinski definition) is 0. The molecule has 2 fully saturated rings. The van der Waals surface area contributed by atoms with E-state index in [1.54, 1.807) is 6.08 Å². The molecule has 2 aromatic carbocycles. The zero-order valence-electron chi connectivity index (χ0n) is 23.8. The summed E-state index contributed by atoms with van der Waals surface area (Å²) in [7, 11) is 2.15. The molecule has 0 aromatic heterocycles. The lowest BCUT2D eigenvalue weighted by Crippen LogP contribution is -2.79. The van der Waals surface area contributed by atoms with Crippen LogP contribution < -0.4 is 4.74 Å². The lowest BCUT2D eigenvalue weighted by molar-refractivity contribution is -0.221. The van der Waals surface area contributed by atoms with Crippen molar-refractivity contribution in [2.24, 2.45) is 5.92 Å². The van der Waals surface area contributed by atoms with E-state index in [1.165, 1.54) is 23.6 Å². The predicted molar refractivity (Wildman–Crippen MR) is 152 cm³/mol. The van der Waals surface area contributed by atoms with Gasteiger partial charge < -0.3 is 14.4 Å². The molecule has 0 radical (unpaired) electrons. The molecule has 1 saturated carbocycles. The van der Waals surface area contributed by atoms with Crippen LogP contribution >= 0.6 is 0 Å². The minimum Gasteiger partial charge on any atom is -0.487 e. The Labute approximate surface area is 232 Å². The number of piperidine rings is 1. The van der Waals surface area contributed by atoms with Gasteiger partial charge in [0.1, 0.15) is 17.5 Å². The maximum atomic E-state index is 13.9. The van der Waals surface area contributed by atoms with Gasteiger partial charge in [0.15, 0.2) is 0 Å². The highest BCUT2D eigenvalue weighted by Crippen LogP contribution is 2.65. The van der Waals surface area contributed by atoms with Crippen LogP contribution in [0.25, 0.3) is 6.08 Å². The van der Waals surface area contributed by atoms with Crippen LogP contribution in [-0.4, -0.2) is 65.6 Å². The fourth-order valence-electron chi connectivity index (χ4n) is 8.27. The Morgan fingerprint density at radius 3 is 2.74 bits per heavy atom. The molecule has 2 aliphatic heterocycles. The Bertz CT molecular complexity index is 1330. The van der Waals surface area contributed by atoms with Crippen LogP contribution in [0, 0.1) is 12.8 Å². The highest BCUT2D eigenvalue weighted by molar-refractivity contribution is 5.92. The van der Waals surface area contributed by atoms with Crippen LogP contribution in [0.2, 0.25) is 0 Å². The second kappa shape index (κ2) is 9.51. The Balaban J connectivity index is 1.44. The standard InChI is InChI=1S/C33H40N2O4/c1-21(2)20-35(29(37)13-12-24-9-6-8-22(3)18-24)26-14-15-33(39-23(4)36)28-19-25-10-7-11-27-30(25)32(33,31(26)38-27)16-17-34(28)5/h6-13,18,21,26,28,31H,14-17,19-20H2,1-5H3/b13-12+/t26?,28-,31?,32+,33-/m1/s1. The third-order valence-electron chi connectivity index (χ3n) is 9.59. The largest absolute Gasteiger partial charge is 0.487 e. The van der Waals surface area contributed by atoms with E-state index in [-0.39, 0.29) is 30.1 Å². The fraction of sp³-hybridized carbons (Fsp3) is 0.515. The quantitative estimate of drug-likeness (QED) is 0.394. The maximum Gasteiger partial charge on any atom is 0.303 e. The number of likely N-dealkylation sites (tertiary alicyclic amines) is 1. The molecule has 2 aromatic rings. The molecular formula is C33H40N2O4. The van der Waals surface area contributed by atoms with Crippen LogP contribution in [0.4, 0.5) is 0 Å². The Morgan fingerprint density at radius 1 is 1.21 bits per heavy atom. The average Bonchev–Trinajstić information content (AvgIpc) is 3.23. The zero-order valence-corrected chi connectivity index (χ0v) is 23.8. The van der Waals surface area contributed by atoms with Crippen LogP contribution in [0.15, 0.2) is 48.5 Å². The van der Waals surface area contributed by atoms with Crippen LogP contribution in [-0.2, 0) is 26.2 Å². The van der Waals surface area contributed by atoms with E-state index >= 15 is 0 Å². The topological polar surface area (TPSA) is 59.1 Å². The molecule has 1 spiro atoms. The molecule has 6 rings (SSSR count). The molecule has 2 heterocycles. The number of amides is 1. The highest BCUT2D eigenvalue weighted by Gasteiger charge is 2.75. The number of hydrogen-bond acceptors (Lipinski definition) is 5. The van der Waals surface area contributed by atoms with Gasteiger partial charge in [0.05, 0.1) is 17.5 Å². The van der Waals surface area contributed by atoms with E-state index in [0.29, 0.717) is 18.9 Å². The number of carbonyl (C=O) groups is 2. The summed E-state index contributed by atoms with van der Waals surface area (Å²) in [4.78, 5) is 31.0. The highest BCUT2D eigenvalue weighted by atomic mass is 16.6. The molecule has 39 heavy (non-hydrogen) atoms. The van der Waals surface area contributed by atoms with Gasteiger partial charge >= 0.3 is 5.97 Å². The van der Waals surface area contributed by atoms with Gasteiger partial charge in [0.25, 0.3) is 0 Å². The van der Waals surface area contributed by atoms with Crippen molar-refractivity contribution in [3.05, 3.63) is 70.8 Å². The molecule has 2 bridgehead atoms. The van der Waals surface area contributed by atoms with Crippen molar-refractivity contribution in [2.75, 3.05) is 20.1 Å². The average molecular weight is 529 g/mol. The van der Waals surface area contributed by atoms with Gasteiger partial charge in [-0.15, -0.1) is 0 Å². The number of nitrogens with zero attached hydrogens (tertiary/aromatic N) is 2. The smallest absolute Gasteiger partial charge is 0.303 e. The van der Waals surface area contributed by atoms with E-state index in [2.05, 4.69) is 63.1 Å². The Morgan fingerprint density at radius 2 is 2.00 bits per heavy atom. The Hall–Kier alpha value is -3.12. The van der Waals surface area contributed by atoms with E-state index in [9.17, 15) is 9.59 Å². The third kappa shape index (κ3) is 3.94. The summed E-state index contributed by atoms with van der Waals surface area (Å²) in [6.45, 7) is 9.45. The molecule has 6 nitrogen and oxygen atoms in total. The number of likely N-dealkylation sites (N-methyl/N-ethyl adjacent to an activating group) is 1. The van der Waals surface area contributed by atoms with Crippen molar-refractivity contribution in [2.45, 2.75) is 82.6 Å². The van der Waals surface area contributed by atoms with Gasteiger partial charge in [-0.3, -0.25) is 14.5 Å². The summed E-state index contributed by atoms with van der Waals surface area (Å²) >= 11 is 0. The number of rotatable bonds is 6. The molecule has 2 aliphatic carbocycles. The van der Waals surface area contributed by atoms with Gasteiger partial charge in [-0.1, -0.05) is 55.8 Å². The maximum absolute atomic E-state index is 13.9. The summed E-state index contributed by atoms with van der Waals surface area (Å²) in [5.41, 5.74) is 3.55. The van der Waals surface area contributed by atoms with E-state index in [4.69, 9.17) is 9.47 Å². The summed E-state index contributed by atoms with van der Waals surface area (Å²) in [5.74, 6) is 0.966. The van der Waals surface area contributed by atoms with Gasteiger partial charge in [-0.2, -0.15) is 0 Å². The molecule has 2 unspecified atom stereocenters. The summed E-state index contributed by atoms with van der Waals surface area (Å²) in [6.07, 6.45) is 6.47. The summed E-state index contributed by atoms with van der Waals surface area (Å²) in [6, 6.07) is 14.5. The van der Waals surface area contributed by atoms with Crippen molar-refractivity contribution < 1.29 is 19.1 Å². The molecule has 5 atom stereocenters. The monoisotopic (exact) mass is 528 g/mol. The predicted octanol–water partition coefficient (Wildman–Crippen LogP) is 4.92. The van der Waals surface area contributed by atoms with Gasteiger partial charge in [-0.25, -0.2) is 0 Å². The lowest BCUT2D eigenvalue weighted by Gasteiger charge is -2.65. The SMILES string of the molecule is CC(=O)O[C@@]12CCC(N(CC(C)C)C(=O)/C=C/c3cccc(C)c3)C3Oc4cccc5c4[C@@]31CCN(C)[C@@H]2C5. The number of aryl methyl sites for hydroxylation is 1. The van der Waals surface area contributed by atoms with Crippen molar-refractivity contribution in [1.29, 1.82) is 0 Å². The third-order valence-corrected chi connectivity index (χ3v) is 9.59. The number of carbonyl (C=O) groups excluding carboxylic acids is 2. The van der Waals surface area contributed by atoms with Crippen molar-refractivity contribution in [3.8, 4) is 5.75 Å². The van der Waals surface area contributed by atoms with Gasteiger partial charge in [0.2, 0.25) is 5.91 Å². The van der Waals surface area contributed by atoms with Gasteiger partial charge in [0, 0.05) is 25.1 Å². The van der Waals surface area contributed by atoms with Crippen molar-refractivity contribution in [1.82, 2.24) is 9.80 Å². The molecule has 4 aliphatic rings. The normalized spacial score (nSPS) is 30.7. The first-order chi connectivity index (χ1) is 18.7. The summed E-state index contributed by atoms with van der Waals surface area (Å²) < 4.78 is 13.4. The van der Waals surface area contributed by atoms with Crippen molar-refractivity contribution >= 4 is 18.0 Å². The molecule has 206 valence electrons. The molecule has 1 amide bonds. The van der Waals surface area contributed by atoms with E-state index in [1.807, 2.05) is 23.1 Å². The minimum absolute atomic E-state index is 0.00617. The zero-order chi connectivity index (χ0) is 27.5. The molecule has 1 saturated heterocycles. The number of esters is 1. The minimum atomic E-state index is -0.670. The van der Waals surface area contributed by atoms with Crippen LogP contribution in [0.1, 0.15) is 62.3 Å². The van der Waals surface area contributed by atoms with Gasteiger partial charge in [-0.05, 0) is 75.4 Å². The van der Waals surface area contributed by atoms with Crippen molar-refractivity contribution in [3.63, 3.8) is 0 Å². The first kappa shape index (κ1) is 26.1. The fourth-order valence-corrected chi connectivity index (χ4v) is 8.27. The summed E-state index contributed by atoms with van der Waals surface area (Å²) in [5, 5.41) is 0. The molecular weight excluding hydrogens is 488 g/mol. The number of benzene rings is 2. The second-order valence-corrected chi connectivity index (χ2v) is 12.5.